The summed E-state index contributed by atoms with van der Waals surface area (Å²) in [5.74, 6) is 1.76. The molecule has 5 heterocycles. The number of nitrogens with zero attached hydrogens (tertiary/aromatic N) is 8. The lowest BCUT2D eigenvalue weighted by Crippen LogP contribution is -2.32. The van der Waals surface area contributed by atoms with Crippen molar-refractivity contribution in [1.82, 2.24) is 44.7 Å². The van der Waals surface area contributed by atoms with Gasteiger partial charge in [0.05, 0.1) is 19.3 Å². The van der Waals surface area contributed by atoms with E-state index in [1.165, 1.54) is 32.5 Å². The number of fused-ring (bicyclic) bond motifs is 2. The van der Waals surface area contributed by atoms with Crippen LogP contribution in [0.1, 0.15) is 61.0 Å². The molecule has 9 nitrogen and oxygen atoms in total. The van der Waals surface area contributed by atoms with Gasteiger partial charge in [0.25, 0.3) is 0 Å². The lowest BCUT2D eigenvalue weighted by Gasteiger charge is -2.31. The summed E-state index contributed by atoms with van der Waals surface area (Å²) in [4.78, 5) is 12.1. The van der Waals surface area contributed by atoms with Gasteiger partial charge in [-0.15, -0.1) is 10.2 Å². The standard InChI is InChI=1S/C26H31N9/c1-16(2)24-21-12-19(18-7-9-34(10-8-18)14-23-30-32-33(4)31-23)5-6-22(21)29-25(24)20-11-17(3)26-27-15-28-35(26)13-20/h5-6,11-13,15-16,18,29H,7-10,14H2,1-4H3. The fraction of sp³-hybridized carbons (Fsp3) is 0.423. The number of aromatic nitrogens is 8. The van der Waals surface area contributed by atoms with Gasteiger partial charge in [0.15, 0.2) is 11.5 Å². The van der Waals surface area contributed by atoms with Crippen LogP contribution in [0.25, 0.3) is 27.8 Å². The average Bonchev–Trinajstić information content (AvgIpc) is 3.57. The summed E-state index contributed by atoms with van der Waals surface area (Å²) in [6.07, 6.45) is 5.97. The molecule has 1 aliphatic heterocycles. The molecule has 1 saturated heterocycles. The van der Waals surface area contributed by atoms with E-state index in [1.54, 1.807) is 6.33 Å². The van der Waals surface area contributed by atoms with E-state index in [4.69, 9.17) is 0 Å². The molecule has 1 aliphatic rings. The minimum Gasteiger partial charge on any atom is -0.354 e. The second-order valence-corrected chi connectivity index (χ2v) is 10.1. The number of nitrogens with one attached hydrogen (secondary N) is 1. The molecule has 0 aliphatic carbocycles. The fourth-order valence-electron chi connectivity index (χ4n) is 5.55. The van der Waals surface area contributed by atoms with Gasteiger partial charge in [-0.25, -0.2) is 9.50 Å². The van der Waals surface area contributed by atoms with E-state index in [2.05, 4.69) is 86.6 Å². The number of aromatic amines is 1. The van der Waals surface area contributed by atoms with Crippen molar-refractivity contribution in [2.45, 2.75) is 52.0 Å². The van der Waals surface area contributed by atoms with E-state index in [9.17, 15) is 0 Å². The number of likely N-dealkylation sites (tertiary alicyclic amines) is 1. The van der Waals surface area contributed by atoms with Crippen LogP contribution in [-0.2, 0) is 13.6 Å². The summed E-state index contributed by atoms with van der Waals surface area (Å²) in [5, 5.41) is 18.1. The maximum atomic E-state index is 4.38. The highest BCUT2D eigenvalue weighted by Crippen LogP contribution is 2.38. The van der Waals surface area contributed by atoms with Crippen LogP contribution >= 0.6 is 0 Å². The first-order valence-electron chi connectivity index (χ1n) is 12.4. The lowest BCUT2D eigenvalue weighted by molar-refractivity contribution is 0.200. The Balaban J connectivity index is 1.29. The summed E-state index contributed by atoms with van der Waals surface area (Å²) < 4.78 is 1.87. The Kier molecular flexibility index (Phi) is 5.36. The van der Waals surface area contributed by atoms with E-state index in [-0.39, 0.29) is 0 Å². The Morgan fingerprint density at radius 3 is 2.71 bits per heavy atom. The van der Waals surface area contributed by atoms with Crippen molar-refractivity contribution in [3.05, 3.63) is 59.3 Å². The molecular formula is C26H31N9. The Morgan fingerprint density at radius 1 is 1.14 bits per heavy atom. The molecular weight excluding hydrogens is 438 g/mol. The molecule has 9 heteroatoms. The molecule has 5 aromatic rings. The summed E-state index contributed by atoms with van der Waals surface area (Å²) in [7, 11) is 1.81. The van der Waals surface area contributed by atoms with E-state index >= 15 is 0 Å². The van der Waals surface area contributed by atoms with Gasteiger partial charge in [-0.05, 0) is 84.8 Å². The van der Waals surface area contributed by atoms with E-state index in [1.807, 2.05) is 11.6 Å². The fourth-order valence-corrected chi connectivity index (χ4v) is 5.55. The van der Waals surface area contributed by atoms with Crippen LogP contribution in [0.5, 0.6) is 0 Å². The first-order chi connectivity index (χ1) is 17.0. The maximum absolute atomic E-state index is 4.38. The van der Waals surface area contributed by atoms with Gasteiger partial charge < -0.3 is 4.98 Å². The quantitative estimate of drug-likeness (QED) is 0.414. The SMILES string of the molecule is Cc1cc(-c2[nH]c3ccc(C4CCN(Cc5nnn(C)n5)CC4)cc3c2C(C)C)cn2ncnc12. The van der Waals surface area contributed by atoms with Gasteiger partial charge in [-0.3, -0.25) is 4.90 Å². The molecule has 0 spiro atoms. The van der Waals surface area contributed by atoms with E-state index in [0.29, 0.717) is 11.8 Å². The number of hydrogen-bond donors (Lipinski definition) is 1. The van der Waals surface area contributed by atoms with Crippen LogP contribution in [-0.4, -0.2) is 57.8 Å². The molecule has 0 unspecified atom stereocenters. The normalized spacial score (nSPS) is 15.7. The third-order valence-corrected chi connectivity index (χ3v) is 7.26. The highest BCUT2D eigenvalue weighted by molar-refractivity contribution is 5.92. The molecule has 0 atom stereocenters. The molecule has 6 rings (SSSR count). The minimum atomic E-state index is 0.391. The van der Waals surface area contributed by atoms with Gasteiger partial charge >= 0.3 is 0 Å². The number of rotatable bonds is 5. The average molecular weight is 470 g/mol. The van der Waals surface area contributed by atoms with Crippen molar-refractivity contribution in [3.8, 4) is 11.3 Å². The molecule has 0 radical (unpaired) electrons. The highest BCUT2D eigenvalue weighted by atomic mass is 15.6. The number of hydrogen-bond acceptors (Lipinski definition) is 6. The Morgan fingerprint density at radius 2 is 1.97 bits per heavy atom. The van der Waals surface area contributed by atoms with E-state index in [0.717, 1.165) is 55.1 Å². The Labute approximate surface area is 204 Å². The first kappa shape index (κ1) is 21.9. The lowest BCUT2D eigenvalue weighted by atomic mass is 9.87. The summed E-state index contributed by atoms with van der Waals surface area (Å²) in [5.41, 5.74) is 8.34. The van der Waals surface area contributed by atoms with Gasteiger partial charge in [0.1, 0.15) is 6.33 Å². The van der Waals surface area contributed by atoms with Crippen LogP contribution in [0, 0.1) is 6.92 Å². The van der Waals surface area contributed by atoms with Crippen LogP contribution in [0.3, 0.4) is 0 Å². The Bertz CT molecular complexity index is 1500. The van der Waals surface area contributed by atoms with Crippen LogP contribution in [0.2, 0.25) is 0 Å². The van der Waals surface area contributed by atoms with Crippen molar-refractivity contribution >= 4 is 16.6 Å². The summed E-state index contributed by atoms with van der Waals surface area (Å²) in [6, 6.07) is 9.21. The number of pyridine rings is 1. The van der Waals surface area contributed by atoms with Crippen molar-refractivity contribution in [3.63, 3.8) is 0 Å². The number of tetrazole rings is 1. The topological polar surface area (TPSA) is 92.8 Å². The number of aryl methyl sites for hydroxylation is 2. The second kappa shape index (κ2) is 8.57. The number of H-pyrrole nitrogens is 1. The predicted molar refractivity (Wildman–Crippen MR) is 135 cm³/mol. The van der Waals surface area contributed by atoms with Crippen LogP contribution in [0.15, 0.2) is 36.8 Å². The smallest absolute Gasteiger partial charge is 0.188 e. The first-order valence-corrected chi connectivity index (χ1v) is 12.4. The zero-order valence-electron chi connectivity index (χ0n) is 20.7. The van der Waals surface area contributed by atoms with Crippen molar-refractivity contribution in [1.29, 1.82) is 0 Å². The molecule has 0 amide bonds. The summed E-state index contributed by atoms with van der Waals surface area (Å²) >= 11 is 0. The zero-order chi connectivity index (χ0) is 24.1. The molecule has 1 aromatic carbocycles. The molecule has 1 fully saturated rings. The van der Waals surface area contributed by atoms with Gasteiger partial charge in [0.2, 0.25) is 0 Å². The highest BCUT2D eigenvalue weighted by Gasteiger charge is 2.24. The molecule has 35 heavy (non-hydrogen) atoms. The maximum Gasteiger partial charge on any atom is 0.188 e. The van der Waals surface area contributed by atoms with Crippen LogP contribution < -0.4 is 0 Å². The zero-order valence-corrected chi connectivity index (χ0v) is 20.7. The monoisotopic (exact) mass is 469 g/mol. The molecule has 4 aromatic heterocycles. The van der Waals surface area contributed by atoms with Gasteiger partial charge in [-0.1, -0.05) is 19.9 Å². The second-order valence-electron chi connectivity index (χ2n) is 10.1. The third kappa shape index (κ3) is 3.99. The number of piperidine rings is 1. The molecule has 0 bridgehead atoms. The van der Waals surface area contributed by atoms with Crippen molar-refractivity contribution in [2.24, 2.45) is 7.05 Å². The van der Waals surface area contributed by atoms with Crippen LogP contribution in [0.4, 0.5) is 0 Å². The molecule has 180 valence electrons. The Hall–Kier alpha value is -3.59. The molecule has 1 N–H and O–H groups in total. The van der Waals surface area contributed by atoms with Gasteiger partial charge in [0, 0.05) is 22.7 Å². The van der Waals surface area contributed by atoms with Gasteiger partial charge in [-0.2, -0.15) is 9.90 Å². The minimum absolute atomic E-state index is 0.391. The van der Waals surface area contributed by atoms with E-state index < -0.39 is 0 Å². The number of benzene rings is 1. The predicted octanol–water partition coefficient (Wildman–Crippen LogP) is 4.21. The summed E-state index contributed by atoms with van der Waals surface area (Å²) in [6.45, 7) is 9.52. The third-order valence-electron chi connectivity index (χ3n) is 7.26. The largest absolute Gasteiger partial charge is 0.354 e. The van der Waals surface area contributed by atoms with Crippen molar-refractivity contribution < 1.29 is 0 Å². The van der Waals surface area contributed by atoms with Crippen molar-refractivity contribution in [2.75, 3.05) is 13.1 Å². The molecule has 0 saturated carbocycles.